The third-order valence-corrected chi connectivity index (χ3v) is 2.84. The predicted octanol–water partition coefficient (Wildman–Crippen LogP) is 3.39. The summed E-state index contributed by atoms with van der Waals surface area (Å²) in [5.74, 6) is 0. The summed E-state index contributed by atoms with van der Waals surface area (Å²) >= 11 is 0. The van der Waals surface area contributed by atoms with Crippen molar-refractivity contribution >= 4 is 5.69 Å². The molecule has 2 aromatic rings. The zero-order chi connectivity index (χ0) is 12.8. The Morgan fingerprint density at radius 3 is 2.06 bits per heavy atom. The smallest absolute Gasteiger partial charge is 0.0961 e. The molecular formula is C16H17NO. The lowest BCUT2D eigenvalue weighted by molar-refractivity contribution is 0.200. The predicted molar refractivity (Wildman–Crippen MR) is 75.5 cm³/mol. The Morgan fingerprint density at radius 2 is 1.50 bits per heavy atom. The standard InChI is InChI=1S/C16H17NO/c1-2-15(18)16(13-9-5-3-6-10-13)17-14-11-7-4-8-12-14/h2-12,15-18H,1H2. The van der Waals surface area contributed by atoms with Gasteiger partial charge in [0, 0.05) is 5.69 Å². The molecule has 2 rings (SSSR count). The summed E-state index contributed by atoms with van der Waals surface area (Å²) < 4.78 is 0. The maximum absolute atomic E-state index is 10.1. The number of para-hydroxylation sites is 1. The number of anilines is 1. The topological polar surface area (TPSA) is 32.3 Å². The highest BCUT2D eigenvalue weighted by molar-refractivity contribution is 5.46. The second-order valence-electron chi connectivity index (χ2n) is 4.13. The van der Waals surface area contributed by atoms with E-state index in [1.807, 2.05) is 60.7 Å². The second-order valence-corrected chi connectivity index (χ2v) is 4.13. The minimum atomic E-state index is -0.632. The Hall–Kier alpha value is -2.06. The molecule has 0 heterocycles. The van der Waals surface area contributed by atoms with Crippen molar-refractivity contribution in [2.24, 2.45) is 0 Å². The first-order chi connectivity index (χ1) is 8.81. The maximum atomic E-state index is 10.1. The monoisotopic (exact) mass is 239 g/mol. The first kappa shape index (κ1) is 12.4. The second kappa shape index (κ2) is 6.03. The minimum Gasteiger partial charge on any atom is -0.387 e. The van der Waals surface area contributed by atoms with Crippen LogP contribution < -0.4 is 5.32 Å². The molecule has 0 aromatic heterocycles. The van der Waals surface area contributed by atoms with Crippen molar-refractivity contribution in [2.45, 2.75) is 12.1 Å². The van der Waals surface area contributed by atoms with Crippen molar-refractivity contribution in [3.8, 4) is 0 Å². The first-order valence-corrected chi connectivity index (χ1v) is 5.98. The highest BCUT2D eigenvalue weighted by Gasteiger charge is 2.17. The van der Waals surface area contributed by atoms with Gasteiger partial charge in [-0.1, -0.05) is 54.6 Å². The molecule has 92 valence electrons. The maximum Gasteiger partial charge on any atom is 0.0961 e. The third-order valence-electron chi connectivity index (χ3n) is 2.84. The number of hydrogen-bond acceptors (Lipinski definition) is 2. The van der Waals surface area contributed by atoms with Crippen LogP contribution in [0.5, 0.6) is 0 Å². The van der Waals surface area contributed by atoms with E-state index in [9.17, 15) is 5.11 Å². The van der Waals surface area contributed by atoms with Crippen LogP contribution >= 0.6 is 0 Å². The highest BCUT2D eigenvalue weighted by Crippen LogP contribution is 2.23. The Morgan fingerprint density at radius 1 is 0.944 bits per heavy atom. The normalized spacial score (nSPS) is 13.6. The molecule has 0 radical (unpaired) electrons. The molecule has 0 aliphatic heterocycles. The van der Waals surface area contributed by atoms with E-state index < -0.39 is 6.10 Å². The molecule has 2 nitrogen and oxygen atoms in total. The molecule has 0 spiro atoms. The van der Waals surface area contributed by atoms with E-state index in [-0.39, 0.29) is 6.04 Å². The van der Waals surface area contributed by atoms with Gasteiger partial charge < -0.3 is 10.4 Å². The van der Waals surface area contributed by atoms with Gasteiger partial charge >= 0.3 is 0 Å². The van der Waals surface area contributed by atoms with Gasteiger partial charge in [0.1, 0.15) is 0 Å². The van der Waals surface area contributed by atoms with Gasteiger partial charge in [-0.25, -0.2) is 0 Å². The fraction of sp³-hybridized carbons (Fsp3) is 0.125. The van der Waals surface area contributed by atoms with Gasteiger partial charge in [-0.3, -0.25) is 0 Å². The van der Waals surface area contributed by atoms with Crippen molar-refractivity contribution in [3.63, 3.8) is 0 Å². The highest BCUT2D eigenvalue weighted by atomic mass is 16.3. The van der Waals surface area contributed by atoms with Crippen molar-refractivity contribution in [3.05, 3.63) is 78.9 Å². The summed E-state index contributed by atoms with van der Waals surface area (Å²) in [7, 11) is 0. The number of rotatable bonds is 5. The Bertz CT molecular complexity index is 481. The van der Waals surface area contributed by atoms with Crippen LogP contribution in [0.25, 0.3) is 0 Å². The fourth-order valence-electron chi connectivity index (χ4n) is 1.88. The van der Waals surface area contributed by atoms with Gasteiger partial charge in [0.15, 0.2) is 0 Å². The molecule has 0 bridgehead atoms. The van der Waals surface area contributed by atoms with Crippen LogP contribution in [0.1, 0.15) is 11.6 Å². The van der Waals surface area contributed by atoms with E-state index in [4.69, 9.17) is 0 Å². The van der Waals surface area contributed by atoms with Crippen LogP contribution in [0, 0.1) is 0 Å². The Labute approximate surface area is 108 Å². The lowest BCUT2D eigenvalue weighted by Gasteiger charge is -2.23. The van der Waals surface area contributed by atoms with Gasteiger partial charge in [0.25, 0.3) is 0 Å². The fourth-order valence-corrected chi connectivity index (χ4v) is 1.88. The zero-order valence-corrected chi connectivity index (χ0v) is 10.2. The molecule has 2 unspecified atom stereocenters. The number of benzene rings is 2. The average molecular weight is 239 g/mol. The lowest BCUT2D eigenvalue weighted by Crippen LogP contribution is -2.23. The van der Waals surface area contributed by atoms with Gasteiger partial charge in [-0.15, -0.1) is 6.58 Å². The van der Waals surface area contributed by atoms with Crippen molar-refractivity contribution in [1.29, 1.82) is 0 Å². The van der Waals surface area contributed by atoms with E-state index >= 15 is 0 Å². The molecule has 0 aliphatic carbocycles. The zero-order valence-electron chi connectivity index (χ0n) is 10.2. The molecule has 0 amide bonds. The van der Waals surface area contributed by atoms with Crippen LogP contribution in [0.2, 0.25) is 0 Å². The first-order valence-electron chi connectivity index (χ1n) is 5.98. The molecule has 0 fully saturated rings. The van der Waals surface area contributed by atoms with E-state index in [2.05, 4.69) is 11.9 Å². The number of aliphatic hydroxyl groups is 1. The van der Waals surface area contributed by atoms with Crippen LogP contribution in [0.15, 0.2) is 73.3 Å². The third kappa shape index (κ3) is 2.99. The van der Waals surface area contributed by atoms with Crippen LogP contribution in [-0.4, -0.2) is 11.2 Å². The summed E-state index contributed by atoms with van der Waals surface area (Å²) in [6.07, 6.45) is 0.917. The SMILES string of the molecule is C=CC(O)C(Nc1ccccc1)c1ccccc1. The van der Waals surface area contributed by atoms with Gasteiger partial charge in [0.05, 0.1) is 12.1 Å². The number of aliphatic hydroxyl groups excluding tert-OH is 1. The van der Waals surface area contributed by atoms with Crippen molar-refractivity contribution in [1.82, 2.24) is 0 Å². The lowest BCUT2D eigenvalue weighted by atomic mass is 10.0. The van der Waals surface area contributed by atoms with Crippen molar-refractivity contribution < 1.29 is 5.11 Å². The van der Waals surface area contributed by atoms with Crippen molar-refractivity contribution in [2.75, 3.05) is 5.32 Å². The molecule has 0 saturated carbocycles. The summed E-state index contributed by atoms with van der Waals surface area (Å²) in [6, 6.07) is 19.5. The Kier molecular flexibility index (Phi) is 4.15. The average Bonchev–Trinajstić information content (AvgIpc) is 2.46. The van der Waals surface area contributed by atoms with E-state index in [1.54, 1.807) is 6.08 Å². The minimum absolute atomic E-state index is 0.189. The summed E-state index contributed by atoms with van der Waals surface area (Å²) in [5, 5.41) is 13.4. The number of nitrogens with one attached hydrogen (secondary N) is 1. The molecule has 2 atom stereocenters. The van der Waals surface area contributed by atoms with E-state index in [0.29, 0.717) is 0 Å². The molecule has 18 heavy (non-hydrogen) atoms. The van der Waals surface area contributed by atoms with Crippen LogP contribution in [0.4, 0.5) is 5.69 Å². The molecular weight excluding hydrogens is 222 g/mol. The largest absolute Gasteiger partial charge is 0.387 e. The molecule has 2 N–H and O–H groups in total. The molecule has 2 heteroatoms. The molecule has 0 saturated heterocycles. The van der Waals surface area contributed by atoms with Crippen LogP contribution in [0.3, 0.4) is 0 Å². The quantitative estimate of drug-likeness (QED) is 0.784. The van der Waals surface area contributed by atoms with E-state index in [1.165, 1.54) is 0 Å². The van der Waals surface area contributed by atoms with Gasteiger partial charge in [-0.2, -0.15) is 0 Å². The summed E-state index contributed by atoms with van der Waals surface area (Å²) in [5.41, 5.74) is 2.01. The van der Waals surface area contributed by atoms with Crippen LogP contribution in [-0.2, 0) is 0 Å². The summed E-state index contributed by atoms with van der Waals surface area (Å²) in [4.78, 5) is 0. The van der Waals surface area contributed by atoms with E-state index in [0.717, 1.165) is 11.3 Å². The number of hydrogen-bond donors (Lipinski definition) is 2. The molecule has 0 aliphatic rings. The Balaban J connectivity index is 2.24. The molecule has 2 aromatic carbocycles. The van der Waals surface area contributed by atoms with Gasteiger partial charge in [-0.05, 0) is 17.7 Å². The van der Waals surface area contributed by atoms with Gasteiger partial charge in [0.2, 0.25) is 0 Å². The summed E-state index contributed by atoms with van der Waals surface area (Å²) in [6.45, 7) is 3.66.